The van der Waals surface area contributed by atoms with Crippen LogP contribution in [0.15, 0.2) is 60.9 Å². The highest BCUT2D eigenvalue weighted by Gasteiger charge is 2.10. The zero-order valence-electron chi connectivity index (χ0n) is 13.4. The maximum Gasteiger partial charge on any atom is 0.257 e. The Morgan fingerprint density at radius 2 is 1.64 bits per heavy atom. The molecule has 0 saturated carbocycles. The Bertz CT molecular complexity index is 911. The van der Waals surface area contributed by atoms with E-state index in [1.165, 1.54) is 6.20 Å². The number of halogens is 2. The Morgan fingerprint density at radius 3 is 2.40 bits per heavy atom. The Kier molecular flexibility index (Phi) is 5.22. The van der Waals surface area contributed by atoms with Crippen molar-refractivity contribution in [3.8, 4) is 0 Å². The second kappa shape index (κ2) is 7.55. The summed E-state index contributed by atoms with van der Waals surface area (Å²) in [5.41, 5.74) is 3.61. The number of aromatic nitrogens is 1. The summed E-state index contributed by atoms with van der Waals surface area (Å²) >= 11 is 11.9. The fourth-order valence-corrected chi connectivity index (χ4v) is 2.55. The van der Waals surface area contributed by atoms with Gasteiger partial charge in [0.1, 0.15) is 0 Å². The molecule has 0 unspecified atom stereocenters. The molecule has 0 bridgehead atoms. The summed E-state index contributed by atoms with van der Waals surface area (Å²) in [5, 5.41) is 7.27. The summed E-state index contributed by atoms with van der Waals surface area (Å²) in [7, 11) is 0. The van der Waals surface area contributed by atoms with E-state index >= 15 is 0 Å². The van der Waals surface area contributed by atoms with Crippen LogP contribution in [-0.2, 0) is 0 Å². The number of pyridine rings is 1. The van der Waals surface area contributed by atoms with E-state index in [-0.39, 0.29) is 5.91 Å². The van der Waals surface area contributed by atoms with Crippen LogP contribution in [0.1, 0.15) is 15.9 Å². The zero-order valence-corrected chi connectivity index (χ0v) is 14.9. The van der Waals surface area contributed by atoms with Gasteiger partial charge in [0.2, 0.25) is 0 Å². The molecule has 2 N–H and O–H groups in total. The van der Waals surface area contributed by atoms with E-state index in [2.05, 4.69) is 15.6 Å². The third kappa shape index (κ3) is 4.50. The van der Waals surface area contributed by atoms with Crippen molar-refractivity contribution in [1.82, 2.24) is 4.98 Å². The number of amides is 1. The van der Waals surface area contributed by atoms with Crippen LogP contribution in [0.2, 0.25) is 10.0 Å². The molecule has 6 heteroatoms. The van der Waals surface area contributed by atoms with E-state index < -0.39 is 0 Å². The highest BCUT2D eigenvalue weighted by molar-refractivity contribution is 6.31. The van der Waals surface area contributed by atoms with E-state index in [4.69, 9.17) is 23.2 Å². The van der Waals surface area contributed by atoms with Gasteiger partial charge in [-0.25, -0.2) is 0 Å². The molecule has 0 spiro atoms. The van der Waals surface area contributed by atoms with Crippen LogP contribution in [-0.4, -0.2) is 10.9 Å². The third-order valence-electron chi connectivity index (χ3n) is 3.58. The van der Waals surface area contributed by atoms with E-state index in [1.807, 2.05) is 25.1 Å². The first-order valence-electron chi connectivity index (χ1n) is 7.56. The lowest BCUT2D eigenvalue weighted by Gasteiger charge is -2.10. The highest BCUT2D eigenvalue weighted by atomic mass is 35.5. The van der Waals surface area contributed by atoms with Crippen LogP contribution >= 0.6 is 23.2 Å². The van der Waals surface area contributed by atoms with Crippen molar-refractivity contribution in [1.29, 1.82) is 0 Å². The second-order valence-electron chi connectivity index (χ2n) is 5.51. The molecule has 3 aromatic rings. The Morgan fingerprint density at radius 1 is 0.920 bits per heavy atom. The molecule has 0 aliphatic carbocycles. The Balaban J connectivity index is 1.77. The first-order valence-corrected chi connectivity index (χ1v) is 8.32. The fraction of sp³-hybridized carbons (Fsp3) is 0.0526. The topological polar surface area (TPSA) is 54.0 Å². The molecule has 3 rings (SSSR count). The van der Waals surface area contributed by atoms with Crippen molar-refractivity contribution in [2.24, 2.45) is 0 Å². The van der Waals surface area contributed by atoms with Gasteiger partial charge in [-0.2, -0.15) is 0 Å². The van der Waals surface area contributed by atoms with Gasteiger partial charge >= 0.3 is 0 Å². The minimum atomic E-state index is -0.252. The molecule has 1 heterocycles. The summed E-state index contributed by atoms with van der Waals surface area (Å²) < 4.78 is 0. The van der Waals surface area contributed by atoms with Gasteiger partial charge in [-0.05, 0) is 55.0 Å². The van der Waals surface area contributed by atoms with Gasteiger partial charge < -0.3 is 10.6 Å². The number of carbonyl (C=O) groups is 1. The number of carbonyl (C=O) groups excluding carboxylic acids is 1. The number of nitrogens with one attached hydrogen (secondary N) is 2. The van der Waals surface area contributed by atoms with Crippen LogP contribution in [0.25, 0.3) is 0 Å². The predicted octanol–water partition coefficient (Wildman–Crippen LogP) is 5.69. The Hall–Kier alpha value is -2.56. The zero-order chi connectivity index (χ0) is 17.8. The summed E-state index contributed by atoms with van der Waals surface area (Å²) in [6.07, 6.45) is 3.16. The molecule has 4 nitrogen and oxygen atoms in total. The lowest BCUT2D eigenvalue weighted by atomic mass is 10.2. The highest BCUT2D eigenvalue weighted by Crippen LogP contribution is 2.22. The van der Waals surface area contributed by atoms with Gasteiger partial charge in [-0.1, -0.05) is 29.3 Å². The van der Waals surface area contributed by atoms with E-state index in [0.29, 0.717) is 27.0 Å². The normalized spacial score (nSPS) is 10.4. The molecular formula is C19H15Cl2N3O. The molecule has 0 saturated heterocycles. The number of rotatable bonds is 4. The maximum atomic E-state index is 12.5. The lowest BCUT2D eigenvalue weighted by Crippen LogP contribution is -2.13. The van der Waals surface area contributed by atoms with E-state index in [1.54, 1.807) is 36.5 Å². The van der Waals surface area contributed by atoms with E-state index in [0.717, 1.165) is 11.3 Å². The first kappa shape index (κ1) is 17.3. The fourth-order valence-electron chi connectivity index (χ4n) is 2.26. The molecule has 0 fully saturated rings. The molecule has 1 aromatic heterocycles. The van der Waals surface area contributed by atoms with Crippen molar-refractivity contribution in [3.05, 3.63) is 82.1 Å². The van der Waals surface area contributed by atoms with Crippen LogP contribution in [0.3, 0.4) is 0 Å². The standard InChI is InChI=1S/C19H15Cl2N3O/c1-12-2-3-15(21)9-18(12)24-19(25)13-8-17(11-22-10-13)23-16-6-4-14(20)5-7-16/h2-11,23H,1H3,(H,24,25). The molecule has 126 valence electrons. The van der Waals surface area contributed by atoms with Gasteiger partial charge in [0, 0.05) is 27.6 Å². The lowest BCUT2D eigenvalue weighted by molar-refractivity contribution is 0.102. The number of hydrogen-bond donors (Lipinski definition) is 2. The maximum absolute atomic E-state index is 12.5. The first-order chi connectivity index (χ1) is 12.0. The average Bonchev–Trinajstić information content (AvgIpc) is 2.60. The SMILES string of the molecule is Cc1ccc(Cl)cc1NC(=O)c1cncc(Nc2ccc(Cl)cc2)c1. The molecule has 0 radical (unpaired) electrons. The van der Waals surface area contributed by atoms with Crippen LogP contribution in [0.4, 0.5) is 17.1 Å². The average molecular weight is 372 g/mol. The van der Waals surface area contributed by atoms with Gasteiger partial charge in [-0.15, -0.1) is 0 Å². The molecule has 1 amide bonds. The number of anilines is 3. The largest absolute Gasteiger partial charge is 0.354 e. The van der Waals surface area contributed by atoms with Gasteiger partial charge in [-0.3, -0.25) is 9.78 Å². The molecule has 0 atom stereocenters. The molecular weight excluding hydrogens is 357 g/mol. The molecule has 0 aliphatic heterocycles. The van der Waals surface area contributed by atoms with Crippen molar-refractivity contribution in [2.75, 3.05) is 10.6 Å². The predicted molar refractivity (Wildman–Crippen MR) is 103 cm³/mol. The van der Waals surface area contributed by atoms with Crippen LogP contribution in [0.5, 0.6) is 0 Å². The van der Waals surface area contributed by atoms with Crippen molar-refractivity contribution in [3.63, 3.8) is 0 Å². The van der Waals surface area contributed by atoms with Gasteiger partial charge in [0.05, 0.1) is 17.4 Å². The van der Waals surface area contributed by atoms with Crippen molar-refractivity contribution < 1.29 is 4.79 Å². The third-order valence-corrected chi connectivity index (χ3v) is 4.07. The minimum absolute atomic E-state index is 0.252. The summed E-state index contributed by atoms with van der Waals surface area (Å²) in [6, 6.07) is 14.4. The number of benzene rings is 2. The molecule has 0 aliphatic rings. The second-order valence-corrected chi connectivity index (χ2v) is 6.38. The quantitative estimate of drug-likeness (QED) is 0.618. The van der Waals surface area contributed by atoms with E-state index in [9.17, 15) is 4.79 Å². The van der Waals surface area contributed by atoms with Crippen LogP contribution < -0.4 is 10.6 Å². The van der Waals surface area contributed by atoms with Gasteiger partial charge in [0.25, 0.3) is 5.91 Å². The van der Waals surface area contributed by atoms with Crippen molar-refractivity contribution in [2.45, 2.75) is 6.92 Å². The van der Waals surface area contributed by atoms with Crippen LogP contribution in [0, 0.1) is 6.92 Å². The van der Waals surface area contributed by atoms with Gasteiger partial charge in [0.15, 0.2) is 0 Å². The molecule has 2 aromatic carbocycles. The minimum Gasteiger partial charge on any atom is -0.354 e. The number of hydrogen-bond acceptors (Lipinski definition) is 3. The number of nitrogens with zero attached hydrogens (tertiary/aromatic N) is 1. The van der Waals surface area contributed by atoms with Crippen molar-refractivity contribution >= 4 is 46.2 Å². The summed E-state index contributed by atoms with van der Waals surface area (Å²) in [5.74, 6) is -0.252. The smallest absolute Gasteiger partial charge is 0.257 e. The monoisotopic (exact) mass is 371 g/mol. The summed E-state index contributed by atoms with van der Waals surface area (Å²) in [4.78, 5) is 16.6. The number of aryl methyl sites for hydroxylation is 1. The summed E-state index contributed by atoms with van der Waals surface area (Å²) in [6.45, 7) is 1.91. The molecule has 25 heavy (non-hydrogen) atoms. The Labute approximate surface area is 155 Å².